The number of benzene rings is 2. The lowest BCUT2D eigenvalue weighted by Gasteiger charge is -1.97. The van der Waals surface area contributed by atoms with E-state index in [0.29, 0.717) is 10.6 Å². The van der Waals surface area contributed by atoms with Crippen molar-refractivity contribution >= 4 is 34.7 Å². The van der Waals surface area contributed by atoms with Crippen LogP contribution in [0.15, 0.2) is 58.0 Å². The monoisotopic (exact) mass is 312 g/mol. The molecular weight excluding hydrogens is 300 g/mol. The van der Waals surface area contributed by atoms with Gasteiger partial charge in [-0.1, -0.05) is 41.9 Å². The summed E-state index contributed by atoms with van der Waals surface area (Å²) in [6.07, 6.45) is 1.55. The fraction of sp³-hybridized carbons (Fsp3) is 0.0588. The van der Waals surface area contributed by atoms with E-state index in [1.807, 2.05) is 43.3 Å². The van der Waals surface area contributed by atoms with Crippen molar-refractivity contribution in [2.45, 2.75) is 6.92 Å². The maximum Gasteiger partial charge on any atom is 0.307 e. The van der Waals surface area contributed by atoms with Gasteiger partial charge in [-0.15, -0.1) is 0 Å². The second-order valence-electron chi connectivity index (χ2n) is 4.80. The largest absolute Gasteiger partial charge is 0.451 e. The molecule has 0 aliphatic rings. The van der Waals surface area contributed by atoms with E-state index in [2.05, 4.69) is 10.5 Å². The molecule has 3 rings (SSSR count). The van der Waals surface area contributed by atoms with E-state index in [1.54, 1.807) is 18.3 Å². The summed E-state index contributed by atoms with van der Waals surface area (Å²) in [6.45, 7) is 1.85. The first kappa shape index (κ1) is 14.4. The zero-order valence-electron chi connectivity index (χ0n) is 11.8. The molecule has 1 heterocycles. The highest BCUT2D eigenvalue weighted by atomic mass is 35.5. The van der Waals surface area contributed by atoms with Gasteiger partial charge in [-0.05, 0) is 30.7 Å². The third kappa shape index (κ3) is 2.87. The Balaban J connectivity index is 1.76. The zero-order valence-corrected chi connectivity index (χ0v) is 12.6. The third-order valence-corrected chi connectivity index (χ3v) is 3.55. The van der Waals surface area contributed by atoms with Gasteiger partial charge in [0.05, 0.1) is 6.21 Å². The van der Waals surface area contributed by atoms with Crippen LogP contribution in [0.1, 0.15) is 21.7 Å². The quantitative estimate of drug-likeness (QED) is 0.583. The molecule has 0 bridgehead atoms. The predicted molar refractivity (Wildman–Crippen MR) is 87.5 cm³/mol. The van der Waals surface area contributed by atoms with E-state index < -0.39 is 0 Å². The number of para-hydroxylation sites is 1. The lowest BCUT2D eigenvalue weighted by atomic mass is 10.1. The Hall–Kier alpha value is -2.59. The molecule has 3 aromatic rings. The number of fused-ring (bicyclic) bond motifs is 1. The highest BCUT2D eigenvalue weighted by Gasteiger charge is 2.16. The summed E-state index contributed by atoms with van der Waals surface area (Å²) in [5, 5.41) is 5.51. The fourth-order valence-corrected chi connectivity index (χ4v) is 2.28. The van der Waals surface area contributed by atoms with Crippen LogP contribution in [0.25, 0.3) is 11.0 Å². The number of hydrogen-bond donors (Lipinski definition) is 1. The summed E-state index contributed by atoms with van der Waals surface area (Å²) in [5.74, 6) is -0.103. The van der Waals surface area contributed by atoms with Gasteiger partial charge in [0.1, 0.15) is 5.58 Å². The number of furan rings is 1. The molecule has 1 aromatic heterocycles. The molecule has 4 nitrogen and oxygen atoms in total. The van der Waals surface area contributed by atoms with Gasteiger partial charge in [0.25, 0.3) is 0 Å². The lowest BCUT2D eigenvalue weighted by molar-refractivity contribution is 0.0929. The molecule has 0 aliphatic heterocycles. The summed E-state index contributed by atoms with van der Waals surface area (Å²) in [7, 11) is 0. The lowest BCUT2D eigenvalue weighted by Crippen LogP contribution is -2.17. The standard InChI is InChI=1S/C17H13ClN2O2/c1-11-14-4-2-3-5-15(14)22-16(11)17(21)20-19-10-12-6-8-13(18)9-7-12/h2-10H,1H3,(H,20,21)/b19-10-. The number of hydrazone groups is 1. The smallest absolute Gasteiger partial charge is 0.307 e. The van der Waals surface area contributed by atoms with Crippen molar-refractivity contribution < 1.29 is 9.21 Å². The van der Waals surface area contributed by atoms with Crippen molar-refractivity contribution in [3.63, 3.8) is 0 Å². The van der Waals surface area contributed by atoms with E-state index in [9.17, 15) is 4.79 Å². The molecule has 110 valence electrons. The summed E-state index contributed by atoms with van der Waals surface area (Å²) >= 11 is 5.81. The molecule has 0 unspecified atom stereocenters. The van der Waals surface area contributed by atoms with Crippen molar-refractivity contribution in [3.05, 3.63) is 70.4 Å². The second-order valence-corrected chi connectivity index (χ2v) is 5.24. The molecule has 1 N–H and O–H groups in total. The minimum Gasteiger partial charge on any atom is -0.451 e. The highest BCUT2D eigenvalue weighted by molar-refractivity contribution is 6.30. The summed E-state index contributed by atoms with van der Waals surface area (Å²) in [5.41, 5.74) is 4.79. The number of nitrogens with one attached hydrogen (secondary N) is 1. The molecule has 22 heavy (non-hydrogen) atoms. The maximum atomic E-state index is 12.1. The number of carbonyl (C=O) groups is 1. The molecule has 0 aliphatic carbocycles. The minimum absolute atomic E-state index is 0.273. The molecule has 0 saturated carbocycles. The molecule has 0 saturated heterocycles. The second kappa shape index (κ2) is 6.03. The van der Waals surface area contributed by atoms with Crippen molar-refractivity contribution in [2.24, 2.45) is 5.10 Å². The molecule has 0 atom stereocenters. The molecular formula is C17H13ClN2O2. The van der Waals surface area contributed by atoms with E-state index in [0.717, 1.165) is 16.5 Å². The first-order valence-electron chi connectivity index (χ1n) is 6.72. The highest BCUT2D eigenvalue weighted by Crippen LogP contribution is 2.24. The zero-order chi connectivity index (χ0) is 15.5. The Morgan fingerprint density at radius 3 is 2.64 bits per heavy atom. The number of halogens is 1. The van der Waals surface area contributed by atoms with Gasteiger partial charge in [0.15, 0.2) is 5.76 Å². The molecule has 2 aromatic carbocycles. The minimum atomic E-state index is -0.376. The SMILES string of the molecule is Cc1c(C(=O)N/N=C\c2ccc(Cl)cc2)oc2ccccc12. The predicted octanol–water partition coefficient (Wildman–Crippen LogP) is 4.16. The third-order valence-electron chi connectivity index (χ3n) is 3.30. The van der Waals surface area contributed by atoms with Crippen molar-refractivity contribution in [3.8, 4) is 0 Å². The van der Waals surface area contributed by atoms with Gasteiger partial charge in [-0.3, -0.25) is 4.79 Å². The molecule has 0 fully saturated rings. The Morgan fingerprint density at radius 1 is 1.18 bits per heavy atom. The summed E-state index contributed by atoms with van der Waals surface area (Å²) in [4.78, 5) is 12.1. The van der Waals surface area contributed by atoms with Crippen LogP contribution in [0.2, 0.25) is 5.02 Å². The van der Waals surface area contributed by atoms with Gasteiger partial charge >= 0.3 is 5.91 Å². The van der Waals surface area contributed by atoms with Gasteiger partial charge in [0.2, 0.25) is 0 Å². The van der Waals surface area contributed by atoms with Crippen molar-refractivity contribution in [1.82, 2.24) is 5.43 Å². The molecule has 5 heteroatoms. The Kier molecular flexibility index (Phi) is 3.94. The van der Waals surface area contributed by atoms with Crippen molar-refractivity contribution in [2.75, 3.05) is 0 Å². The molecule has 0 radical (unpaired) electrons. The van der Waals surface area contributed by atoms with Gasteiger partial charge < -0.3 is 4.42 Å². The average molecular weight is 313 g/mol. The van der Waals surface area contributed by atoms with E-state index in [-0.39, 0.29) is 11.7 Å². The topological polar surface area (TPSA) is 54.6 Å². The first-order chi connectivity index (χ1) is 10.6. The Labute approximate surface area is 132 Å². The number of amides is 1. The average Bonchev–Trinajstić information content (AvgIpc) is 2.87. The van der Waals surface area contributed by atoms with Crippen LogP contribution >= 0.6 is 11.6 Å². The Bertz CT molecular complexity index is 851. The van der Waals surface area contributed by atoms with Gasteiger partial charge in [-0.25, -0.2) is 5.43 Å². The Morgan fingerprint density at radius 2 is 1.91 bits per heavy atom. The number of nitrogens with zero attached hydrogens (tertiary/aromatic N) is 1. The first-order valence-corrected chi connectivity index (χ1v) is 7.10. The van der Waals surface area contributed by atoms with Crippen LogP contribution < -0.4 is 5.43 Å². The number of hydrogen-bond acceptors (Lipinski definition) is 3. The van der Waals surface area contributed by atoms with Crippen LogP contribution in [0.5, 0.6) is 0 Å². The van der Waals surface area contributed by atoms with E-state index in [4.69, 9.17) is 16.0 Å². The van der Waals surface area contributed by atoms with Gasteiger partial charge in [-0.2, -0.15) is 5.10 Å². The normalized spacial score (nSPS) is 11.2. The fourth-order valence-electron chi connectivity index (χ4n) is 2.16. The van der Waals surface area contributed by atoms with Crippen molar-refractivity contribution in [1.29, 1.82) is 0 Å². The number of carbonyl (C=O) groups excluding carboxylic acids is 1. The van der Waals surface area contributed by atoms with Crippen LogP contribution in [-0.4, -0.2) is 12.1 Å². The van der Waals surface area contributed by atoms with Crippen LogP contribution in [0, 0.1) is 6.92 Å². The van der Waals surface area contributed by atoms with E-state index >= 15 is 0 Å². The summed E-state index contributed by atoms with van der Waals surface area (Å²) in [6, 6.07) is 14.7. The van der Waals surface area contributed by atoms with E-state index in [1.165, 1.54) is 0 Å². The maximum absolute atomic E-state index is 12.1. The van der Waals surface area contributed by atoms with Crippen LogP contribution in [0.4, 0.5) is 0 Å². The molecule has 0 spiro atoms. The van der Waals surface area contributed by atoms with Crippen LogP contribution in [-0.2, 0) is 0 Å². The molecule has 1 amide bonds. The van der Waals surface area contributed by atoms with Gasteiger partial charge in [0, 0.05) is 16.0 Å². The number of aryl methyl sites for hydroxylation is 1. The summed E-state index contributed by atoms with van der Waals surface area (Å²) < 4.78 is 5.58. The van der Waals surface area contributed by atoms with Crippen LogP contribution in [0.3, 0.4) is 0 Å². The number of rotatable bonds is 3.